The van der Waals surface area contributed by atoms with E-state index in [9.17, 15) is 0 Å². The van der Waals surface area contributed by atoms with Crippen molar-refractivity contribution in [3.05, 3.63) is 106 Å². The third-order valence-corrected chi connectivity index (χ3v) is 8.12. The molecule has 3 aliphatic carbocycles. The smallest absolute Gasteiger partial charge is 0.00493 e. The van der Waals surface area contributed by atoms with Crippen LogP contribution in [0.4, 0.5) is 0 Å². The Morgan fingerprint density at radius 2 is 1.37 bits per heavy atom. The summed E-state index contributed by atoms with van der Waals surface area (Å²) in [4.78, 5) is 0. The first-order valence-corrected chi connectivity index (χ1v) is 11.6. The second-order valence-electron chi connectivity index (χ2n) is 9.90. The molecule has 0 saturated heterocycles. The Morgan fingerprint density at radius 3 is 2.10 bits per heavy atom. The van der Waals surface area contributed by atoms with E-state index >= 15 is 0 Å². The number of rotatable bonds is 2. The van der Waals surface area contributed by atoms with Crippen molar-refractivity contribution in [1.29, 1.82) is 0 Å². The largest absolute Gasteiger partial charge is 0.0622 e. The van der Waals surface area contributed by atoms with Crippen molar-refractivity contribution in [3.63, 3.8) is 0 Å². The van der Waals surface area contributed by atoms with Crippen molar-refractivity contribution < 1.29 is 0 Å². The molecule has 2 bridgehead atoms. The number of hydrogen-bond acceptors (Lipinski definition) is 0. The van der Waals surface area contributed by atoms with Crippen LogP contribution in [0.2, 0.25) is 0 Å². The Morgan fingerprint density at radius 1 is 0.733 bits per heavy atom. The Bertz CT molecular complexity index is 1140. The molecule has 2 saturated carbocycles. The van der Waals surface area contributed by atoms with E-state index in [1.54, 1.807) is 11.1 Å². The number of fused-ring (bicyclic) bond motifs is 7. The molecule has 3 aromatic carbocycles. The summed E-state index contributed by atoms with van der Waals surface area (Å²) in [5, 5.41) is 0. The zero-order valence-corrected chi connectivity index (χ0v) is 18.3. The van der Waals surface area contributed by atoms with Gasteiger partial charge in [0.1, 0.15) is 0 Å². The van der Waals surface area contributed by atoms with Crippen molar-refractivity contribution >= 4 is 11.1 Å². The highest BCUT2D eigenvalue weighted by Crippen LogP contribution is 2.66. The van der Waals surface area contributed by atoms with Gasteiger partial charge in [-0.25, -0.2) is 0 Å². The highest BCUT2D eigenvalue weighted by atomic mass is 14.6. The lowest BCUT2D eigenvalue weighted by Gasteiger charge is -2.28. The second-order valence-corrected chi connectivity index (χ2v) is 9.90. The summed E-state index contributed by atoms with van der Waals surface area (Å²) in [7, 11) is 0. The van der Waals surface area contributed by atoms with E-state index in [4.69, 9.17) is 0 Å². The minimum Gasteiger partial charge on any atom is -0.0622 e. The number of aryl methyl sites for hydroxylation is 3. The maximum atomic E-state index is 2.43. The summed E-state index contributed by atoms with van der Waals surface area (Å²) in [6.07, 6.45) is 4.27. The van der Waals surface area contributed by atoms with E-state index in [-0.39, 0.29) is 0 Å². The molecule has 6 rings (SSSR count). The van der Waals surface area contributed by atoms with Gasteiger partial charge in [-0.1, -0.05) is 72.3 Å². The molecule has 0 N–H and O–H groups in total. The van der Waals surface area contributed by atoms with Crippen LogP contribution in [-0.2, 0) is 0 Å². The zero-order chi connectivity index (χ0) is 20.4. The molecule has 0 nitrogen and oxygen atoms in total. The van der Waals surface area contributed by atoms with Crippen molar-refractivity contribution in [3.8, 4) is 0 Å². The van der Waals surface area contributed by atoms with Gasteiger partial charge in [-0.2, -0.15) is 0 Å². The fourth-order valence-electron chi connectivity index (χ4n) is 7.28. The summed E-state index contributed by atoms with van der Waals surface area (Å²) in [5.74, 6) is 3.17. The van der Waals surface area contributed by atoms with Gasteiger partial charge in [-0.15, -0.1) is 0 Å². The fraction of sp³-hybridized carbons (Fsp3) is 0.333. The zero-order valence-electron chi connectivity index (χ0n) is 18.3. The monoisotopic (exact) mass is 390 g/mol. The lowest BCUT2D eigenvalue weighted by atomic mass is 9.75. The standard InChI is InChI=1S/C30H30/c1-18-15-19(2)26(20(3)16-18)28(21-9-5-4-6-10-21)30-25-12-8-7-11-24(25)27-22-13-14-23(17-22)29(27)30/h4-12,15-16,22-23,27,29H,13-14,17H2,1-3H3/b30-28-. The number of hydrogen-bond donors (Lipinski definition) is 0. The maximum Gasteiger partial charge on any atom is -0.00493 e. The number of allylic oxidation sites excluding steroid dienone is 1. The summed E-state index contributed by atoms with van der Waals surface area (Å²) in [6.45, 7) is 6.83. The van der Waals surface area contributed by atoms with Gasteiger partial charge < -0.3 is 0 Å². The minimum absolute atomic E-state index is 0.691. The SMILES string of the molecule is Cc1cc(C)c(/C(=C2/c3ccccc3C3C4CCC(C4)C23)c2ccccc2)c(C)c1. The topological polar surface area (TPSA) is 0 Å². The molecule has 2 fully saturated rings. The van der Waals surface area contributed by atoms with Gasteiger partial charge in [0.2, 0.25) is 0 Å². The third kappa shape index (κ3) is 2.52. The van der Waals surface area contributed by atoms with Crippen molar-refractivity contribution in [2.45, 2.75) is 46.0 Å². The van der Waals surface area contributed by atoms with E-state index in [0.717, 1.165) is 17.8 Å². The van der Waals surface area contributed by atoms with Gasteiger partial charge in [0, 0.05) is 0 Å². The summed E-state index contributed by atoms with van der Waals surface area (Å²) in [5.41, 5.74) is 13.3. The van der Waals surface area contributed by atoms with E-state index < -0.39 is 0 Å². The Labute approximate surface area is 180 Å². The van der Waals surface area contributed by atoms with Crippen molar-refractivity contribution in [2.24, 2.45) is 17.8 Å². The van der Waals surface area contributed by atoms with Crippen LogP contribution in [0.1, 0.15) is 64.1 Å². The summed E-state index contributed by atoms with van der Waals surface area (Å²) < 4.78 is 0. The van der Waals surface area contributed by atoms with Gasteiger partial charge >= 0.3 is 0 Å². The predicted molar refractivity (Wildman–Crippen MR) is 127 cm³/mol. The first-order valence-electron chi connectivity index (χ1n) is 11.6. The summed E-state index contributed by atoms with van der Waals surface area (Å²) in [6, 6.07) is 25.3. The molecule has 0 heterocycles. The lowest BCUT2D eigenvalue weighted by molar-refractivity contribution is 0.365. The van der Waals surface area contributed by atoms with E-state index in [1.165, 1.54) is 58.2 Å². The van der Waals surface area contributed by atoms with Gasteiger partial charge in [-0.3, -0.25) is 0 Å². The highest BCUT2D eigenvalue weighted by molar-refractivity contribution is 6.03. The van der Waals surface area contributed by atoms with Gasteiger partial charge in [0.05, 0.1) is 0 Å². The Hall–Kier alpha value is -2.60. The normalized spacial score (nSPS) is 27.8. The van der Waals surface area contributed by atoms with Crippen molar-refractivity contribution in [1.82, 2.24) is 0 Å². The summed E-state index contributed by atoms with van der Waals surface area (Å²) >= 11 is 0. The van der Waals surface area contributed by atoms with Crippen LogP contribution in [0.15, 0.2) is 66.7 Å². The van der Waals surface area contributed by atoms with Crippen LogP contribution in [-0.4, -0.2) is 0 Å². The second kappa shape index (κ2) is 6.71. The molecular formula is C30H30. The quantitative estimate of drug-likeness (QED) is 0.420. The third-order valence-electron chi connectivity index (χ3n) is 8.12. The molecule has 0 heteroatoms. The van der Waals surface area contributed by atoms with E-state index in [2.05, 4.69) is 87.5 Å². The van der Waals surface area contributed by atoms with Crippen LogP contribution in [0.5, 0.6) is 0 Å². The van der Waals surface area contributed by atoms with Crippen LogP contribution in [0.3, 0.4) is 0 Å². The van der Waals surface area contributed by atoms with Crippen LogP contribution in [0, 0.1) is 38.5 Å². The fourth-order valence-corrected chi connectivity index (χ4v) is 7.28. The van der Waals surface area contributed by atoms with Crippen LogP contribution < -0.4 is 0 Å². The maximum absolute atomic E-state index is 2.43. The Kier molecular flexibility index (Phi) is 4.07. The van der Waals surface area contributed by atoms with Gasteiger partial charge in [0.15, 0.2) is 0 Å². The molecule has 0 aromatic heterocycles. The molecule has 0 aliphatic heterocycles. The van der Waals surface area contributed by atoms with E-state index in [0.29, 0.717) is 5.92 Å². The molecule has 0 radical (unpaired) electrons. The molecule has 0 amide bonds. The first kappa shape index (κ1) is 18.2. The number of benzene rings is 3. The molecule has 0 spiro atoms. The lowest BCUT2D eigenvalue weighted by Crippen LogP contribution is -2.17. The molecule has 150 valence electrons. The van der Waals surface area contributed by atoms with Gasteiger partial charge in [-0.05, 0) is 108 Å². The highest BCUT2D eigenvalue weighted by Gasteiger charge is 2.54. The molecule has 4 atom stereocenters. The minimum atomic E-state index is 0.691. The molecular weight excluding hydrogens is 360 g/mol. The molecule has 3 aliphatic rings. The molecule has 30 heavy (non-hydrogen) atoms. The average Bonchev–Trinajstić information content (AvgIpc) is 3.43. The van der Waals surface area contributed by atoms with E-state index in [1.807, 2.05) is 0 Å². The van der Waals surface area contributed by atoms with Crippen LogP contribution >= 0.6 is 0 Å². The van der Waals surface area contributed by atoms with Gasteiger partial charge in [0.25, 0.3) is 0 Å². The predicted octanol–water partition coefficient (Wildman–Crippen LogP) is 7.71. The van der Waals surface area contributed by atoms with Crippen LogP contribution in [0.25, 0.3) is 11.1 Å². The first-order chi connectivity index (χ1) is 14.6. The molecule has 4 unspecified atom stereocenters. The van der Waals surface area contributed by atoms with Crippen molar-refractivity contribution in [2.75, 3.05) is 0 Å². The molecule has 3 aromatic rings. The Balaban J connectivity index is 1.72. The average molecular weight is 391 g/mol.